The largest absolute Gasteiger partial charge is 0.336 e. The Hall–Kier alpha value is -1.53. The Morgan fingerprint density at radius 1 is 1.15 bits per heavy atom. The zero-order chi connectivity index (χ0) is 14.2. The van der Waals surface area contributed by atoms with Gasteiger partial charge in [0.2, 0.25) is 0 Å². The van der Waals surface area contributed by atoms with Crippen LogP contribution in [0.4, 0.5) is 0 Å². The normalized spacial score (nSPS) is 16.4. The lowest BCUT2D eigenvalue weighted by molar-refractivity contribution is 0.0634. The van der Waals surface area contributed by atoms with Crippen LogP contribution in [0.5, 0.6) is 0 Å². The van der Waals surface area contributed by atoms with Crippen LogP contribution in [-0.2, 0) is 0 Å². The number of carbonyl (C=O) groups excluding carboxylic acids is 1. The summed E-state index contributed by atoms with van der Waals surface area (Å²) in [6.07, 6.45) is 6.58. The van der Waals surface area contributed by atoms with Gasteiger partial charge < -0.3 is 10.6 Å². The molecule has 0 spiro atoms. The minimum Gasteiger partial charge on any atom is -0.336 e. The molecule has 6 heteroatoms. The highest BCUT2D eigenvalue weighted by Gasteiger charge is 2.21. The monoisotopic (exact) mass is 277 g/mol. The van der Waals surface area contributed by atoms with E-state index in [1.807, 2.05) is 4.90 Å². The molecule has 0 radical (unpaired) electrons. The van der Waals surface area contributed by atoms with E-state index in [0.29, 0.717) is 5.56 Å². The summed E-state index contributed by atoms with van der Waals surface area (Å²) >= 11 is 0. The molecule has 2 heterocycles. The Kier molecular flexibility index (Phi) is 5.88. The molecule has 1 fully saturated rings. The van der Waals surface area contributed by atoms with Gasteiger partial charge in [0.1, 0.15) is 0 Å². The fourth-order valence-electron chi connectivity index (χ4n) is 2.43. The Morgan fingerprint density at radius 2 is 1.95 bits per heavy atom. The second-order valence-corrected chi connectivity index (χ2v) is 5.11. The van der Waals surface area contributed by atoms with Crippen molar-refractivity contribution in [2.24, 2.45) is 5.73 Å². The van der Waals surface area contributed by atoms with Gasteiger partial charge in [0.05, 0.1) is 18.0 Å². The summed E-state index contributed by atoms with van der Waals surface area (Å²) in [5.41, 5.74) is 6.11. The molecular formula is C14H23N5O. The van der Waals surface area contributed by atoms with Crippen molar-refractivity contribution in [1.29, 1.82) is 0 Å². The number of piperazine rings is 1. The summed E-state index contributed by atoms with van der Waals surface area (Å²) < 4.78 is 0. The predicted octanol–water partition coefficient (Wildman–Crippen LogP) is 0.363. The van der Waals surface area contributed by atoms with Gasteiger partial charge in [0, 0.05) is 26.2 Å². The molecule has 0 aromatic carbocycles. The lowest BCUT2D eigenvalue weighted by Gasteiger charge is -2.34. The van der Waals surface area contributed by atoms with Crippen LogP contribution in [0.3, 0.4) is 0 Å². The van der Waals surface area contributed by atoms with Gasteiger partial charge in [-0.25, -0.2) is 0 Å². The van der Waals surface area contributed by atoms with Crippen LogP contribution in [0.15, 0.2) is 18.5 Å². The molecule has 0 saturated carbocycles. The maximum Gasteiger partial charge on any atom is 0.255 e. The predicted molar refractivity (Wildman–Crippen MR) is 77.3 cm³/mol. The van der Waals surface area contributed by atoms with Crippen LogP contribution < -0.4 is 5.73 Å². The van der Waals surface area contributed by atoms with E-state index in [1.165, 1.54) is 19.0 Å². The SMILES string of the molecule is NCCCCCN1CCN(C(=O)c2ccnnc2)CC1. The van der Waals surface area contributed by atoms with Crippen molar-refractivity contribution in [3.05, 3.63) is 24.0 Å². The molecular weight excluding hydrogens is 254 g/mol. The average Bonchev–Trinajstić information content (AvgIpc) is 2.52. The molecule has 1 aliphatic rings. The third kappa shape index (κ3) is 4.25. The second kappa shape index (κ2) is 7.91. The van der Waals surface area contributed by atoms with Crippen LogP contribution in [-0.4, -0.2) is 65.2 Å². The van der Waals surface area contributed by atoms with Crippen molar-refractivity contribution in [2.75, 3.05) is 39.3 Å². The number of nitrogens with two attached hydrogens (primary N) is 1. The average molecular weight is 277 g/mol. The first-order valence-electron chi connectivity index (χ1n) is 7.29. The van der Waals surface area contributed by atoms with Crippen LogP contribution in [0.1, 0.15) is 29.6 Å². The molecule has 0 atom stereocenters. The van der Waals surface area contributed by atoms with Gasteiger partial charge >= 0.3 is 0 Å². The van der Waals surface area contributed by atoms with Gasteiger partial charge in [0.15, 0.2) is 0 Å². The standard InChI is InChI=1S/C14H23N5O/c15-5-2-1-3-7-18-8-10-19(11-9-18)14(20)13-4-6-16-17-12-13/h4,6,12H,1-3,5,7-11,15H2. The second-order valence-electron chi connectivity index (χ2n) is 5.11. The molecule has 2 N–H and O–H groups in total. The van der Waals surface area contributed by atoms with E-state index < -0.39 is 0 Å². The van der Waals surface area contributed by atoms with Crippen LogP contribution in [0, 0.1) is 0 Å². The van der Waals surface area contributed by atoms with Crippen LogP contribution in [0.2, 0.25) is 0 Å². The van der Waals surface area contributed by atoms with E-state index in [0.717, 1.165) is 45.7 Å². The smallest absolute Gasteiger partial charge is 0.255 e. The number of hydrogen-bond acceptors (Lipinski definition) is 5. The van der Waals surface area contributed by atoms with Crippen molar-refractivity contribution in [2.45, 2.75) is 19.3 Å². The summed E-state index contributed by atoms with van der Waals surface area (Å²) in [7, 11) is 0. The Balaban J connectivity index is 1.73. The van der Waals surface area contributed by atoms with E-state index in [2.05, 4.69) is 15.1 Å². The van der Waals surface area contributed by atoms with Crippen LogP contribution in [0.25, 0.3) is 0 Å². The molecule has 1 aromatic heterocycles. The third-order valence-electron chi connectivity index (χ3n) is 3.67. The van der Waals surface area contributed by atoms with Gasteiger partial charge in [-0.05, 0) is 32.0 Å². The van der Waals surface area contributed by atoms with E-state index >= 15 is 0 Å². The van der Waals surface area contributed by atoms with Gasteiger partial charge in [-0.15, -0.1) is 0 Å². The van der Waals surface area contributed by atoms with E-state index in [4.69, 9.17) is 5.73 Å². The van der Waals surface area contributed by atoms with Gasteiger partial charge in [-0.3, -0.25) is 9.69 Å². The maximum atomic E-state index is 12.2. The molecule has 1 saturated heterocycles. The van der Waals surface area contributed by atoms with Crippen molar-refractivity contribution in [3.8, 4) is 0 Å². The lowest BCUT2D eigenvalue weighted by Crippen LogP contribution is -2.48. The third-order valence-corrected chi connectivity index (χ3v) is 3.67. The highest BCUT2D eigenvalue weighted by molar-refractivity contribution is 5.93. The topological polar surface area (TPSA) is 75.3 Å². The number of carbonyl (C=O) groups is 1. The summed E-state index contributed by atoms with van der Waals surface area (Å²) in [5.74, 6) is 0.0580. The minimum atomic E-state index is 0.0580. The molecule has 1 aliphatic heterocycles. The van der Waals surface area contributed by atoms with Crippen molar-refractivity contribution < 1.29 is 4.79 Å². The fraction of sp³-hybridized carbons (Fsp3) is 0.643. The zero-order valence-corrected chi connectivity index (χ0v) is 11.9. The number of unbranched alkanes of at least 4 members (excludes halogenated alkanes) is 2. The van der Waals surface area contributed by atoms with E-state index in [9.17, 15) is 4.79 Å². The first-order chi connectivity index (χ1) is 9.81. The van der Waals surface area contributed by atoms with Gasteiger partial charge in [0.25, 0.3) is 5.91 Å². The van der Waals surface area contributed by atoms with Crippen molar-refractivity contribution in [1.82, 2.24) is 20.0 Å². The van der Waals surface area contributed by atoms with Crippen LogP contribution >= 0.6 is 0 Å². The van der Waals surface area contributed by atoms with E-state index in [-0.39, 0.29) is 5.91 Å². The summed E-state index contributed by atoms with van der Waals surface area (Å²) in [6, 6.07) is 1.72. The highest BCUT2D eigenvalue weighted by Crippen LogP contribution is 2.08. The first-order valence-corrected chi connectivity index (χ1v) is 7.29. The quantitative estimate of drug-likeness (QED) is 0.760. The number of rotatable bonds is 6. The Bertz CT molecular complexity index is 403. The van der Waals surface area contributed by atoms with Crippen molar-refractivity contribution in [3.63, 3.8) is 0 Å². The Labute approximate surface area is 120 Å². The highest BCUT2D eigenvalue weighted by atomic mass is 16.2. The molecule has 0 unspecified atom stereocenters. The number of hydrogen-bond donors (Lipinski definition) is 1. The molecule has 110 valence electrons. The Morgan fingerprint density at radius 3 is 2.60 bits per heavy atom. The molecule has 1 amide bonds. The minimum absolute atomic E-state index is 0.0580. The molecule has 20 heavy (non-hydrogen) atoms. The number of aromatic nitrogens is 2. The number of nitrogens with zero attached hydrogens (tertiary/aromatic N) is 4. The summed E-state index contributed by atoms with van der Waals surface area (Å²) in [5, 5.41) is 7.45. The van der Waals surface area contributed by atoms with Gasteiger partial charge in [-0.1, -0.05) is 6.42 Å². The van der Waals surface area contributed by atoms with Crippen molar-refractivity contribution >= 4 is 5.91 Å². The summed E-state index contributed by atoms with van der Waals surface area (Å²) in [6.45, 7) is 5.37. The lowest BCUT2D eigenvalue weighted by atomic mass is 10.2. The van der Waals surface area contributed by atoms with Gasteiger partial charge in [-0.2, -0.15) is 10.2 Å². The molecule has 6 nitrogen and oxygen atoms in total. The molecule has 1 aromatic rings. The number of amides is 1. The maximum absolute atomic E-state index is 12.2. The zero-order valence-electron chi connectivity index (χ0n) is 11.9. The molecule has 0 bridgehead atoms. The first kappa shape index (κ1) is 14.9. The molecule has 0 aliphatic carbocycles. The summed E-state index contributed by atoms with van der Waals surface area (Å²) in [4.78, 5) is 16.5. The van der Waals surface area contributed by atoms with E-state index in [1.54, 1.807) is 12.3 Å². The molecule has 2 rings (SSSR count). The fourth-order valence-corrected chi connectivity index (χ4v) is 2.43.